The molecule has 0 atom stereocenters. The lowest BCUT2D eigenvalue weighted by Crippen LogP contribution is -2.49. The van der Waals surface area contributed by atoms with Crippen LogP contribution in [0.2, 0.25) is 5.02 Å². The number of thioether (sulfide) groups is 1. The number of aromatic nitrogens is 2. The Hall–Kier alpha value is -2.33. The van der Waals surface area contributed by atoms with Gasteiger partial charge in [-0.3, -0.25) is 4.79 Å². The van der Waals surface area contributed by atoms with E-state index in [-0.39, 0.29) is 9.92 Å². The molecule has 0 saturated carbocycles. The fraction of sp³-hybridized carbons (Fsp3) is 0.238. The number of hydrogen-bond donors (Lipinski definition) is 0. The van der Waals surface area contributed by atoms with Gasteiger partial charge in [0.2, 0.25) is 10.0 Å². The van der Waals surface area contributed by atoms with Crippen molar-refractivity contribution in [3.05, 3.63) is 76.2 Å². The summed E-state index contributed by atoms with van der Waals surface area (Å²) in [4.78, 5) is 15.9. The first-order valence-electron chi connectivity index (χ1n) is 9.64. The Kier molecular flexibility index (Phi) is 6.38. The van der Waals surface area contributed by atoms with Crippen LogP contribution in [0.1, 0.15) is 0 Å². The van der Waals surface area contributed by atoms with Crippen molar-refractivity contribution in [2.24, 2.45) is 0 Å². The van der Waals surface area contributed by atoms with Crippen LogP contribution in [0.15, 0.2) is 75.4 Å². The van der Waals surface area contributed by atoms with Crippen molar-refractivity contribution in [2.45, 2.75) is 9.79 Å². The largest absolute Gasteiger partial charge is 0.366 e. The van der Waals surface area contributed by atoms with Crippen molar-refractivity contribution in [3.63, 3.8) is 0 Å². The van der Waals surface area contributed by atoms with Crippen LogP contribution >= 0.6 is 23.4 Å². The van der Waals surface area contributed by atoms with Gasteiger partial charge in [0.25, 0.3) is 5.56 Å². The highest BCUT2D eigenvalue weighted by Gasteiger charge is 2.29. The average Bonchev–Trinajstić information content (AvgIpc) is 2.81. The molecule has 0 N–H and O–H groups in total. The lowest BCUT2D eigenvalue weighted by molar-refractivity contribution is 0.384. The molecule has 0 amide bonds. The number of anilines is 1. The van der Waals surface area contributed by atoms with E-state index in [1.807, 2.05) is 29.4 Å². The van der Waals surface area contributed by atoms with Gasteiger partial charge >= 0.3 is 0 Å². The zero-order chi connectivity index (χ0) is 22.0. The molecule has 1 aliphatic rings. The first-order chi connectivity index (χ1) is 14.9. The number of hydrogen-bond acceptors (Lipinski definition) is 6. The minimum atomic E-state index is -3.57. The van der Waals surface area contributed by atoms with Crippen LogP contribution in [0.25, 0.3) is 5.69 Å². The number of benzene rings is 2. The second-order valence-corrected chi connectivity index (χ2v) is 10.2. The third-order valence-corrected chi connectivity index (χ3v) is 8.19. The predicted molar refractivity (Wildman–Crippen MR) is 124 cm³/mol. The number of piperazine rings is 1. The third-order valence-electron chi connectivity index (χ3n) is 5.18. The first kappa shape index (κ1) is 21.9. The molecule has 1 fully saturated rings. The van der Waals surface area contributed by atoms with Crippen molar-refractivity contribution < 1.29 is 8.42 Å². The molecule has 1 saturated heterocycles. The van der Waals surface area contributed by atoms with E-state index in [2.05, 4.69) is 5.10 Å². The normalized spacial score (nSPS) is 15.2. The van der Waals surface area contributed by atoms with Crippen LogP contribution in [0.3, 0.4) is 0 Å². The Bertz CT molecular complexity index is 1220. The van der Waals surface area contributed by atoms with Gasteiger partial charge in [0.1, 0.15) is 5.02 Å². The van der Waals surface area contributed by atoms with Crippen molar-refractivity contribution in [1.82, 2.24) is 14.1 Å². The van der Waals surface area contributed by atoms with Crippen molar-refractivity contribution >= 4 is 39.1 Å². The minimum Gasteiger partial charge on any atom is -0.366 e. The molecule has 1 aliphatic heterocycles. The van der Waals surface area contributed by atoms with Crippen LogP contribution in [-0.4, -0.2) is 54.9 Å². The monoisotopic (exact) mass is 476 g/mol. The summed E-state index contributed by atoms with van der Waals surface area (Å²) in [6.45, 7) is 1.42. The molecule has 0 spiro atoms. The van der Waals surface area contributed by atoms with Gasteiger partial charge in [-0.15, -0.1) is 11.8 Å². The van der Waals surface area contributed by atoms with Crippen LogP contribution < -0.4 is 10.5 Å². The van der Waals surface area contributed by atoms with E-state index in [0.717, 1.165) is 4.90 Å². The van der Waals surface area contributed by atoms with Crippen LogP contribution in [0.5, 0.6) is 0 Å². The van der Waals surface area contributed by atoms with Gasteiger partial charge in [-0.05, 0) is 42.7 Å². The fourth-order valence-corrected chi connectivity index (χ4v) is 5.54. The van der Waals surface area contributed by atoms with Crippen LogP contribution in [0, 0.1) is 0 Å². The summed E-state index contributed by atoms with van der Waals surface area (Å²) in [6, 6.07) is 15.9. The smallest absolute Gasteiger partial charge is 0.292 e. The maximum atomic E-state index is 13.0. The summed E-state index contributed by atoms with van der Waals surface area (Å²) in [7, 11) is -3.57. The number of nitrogens with zero attached hydrogens (tertiary/aromatic N) is 4. The Labute approximate surface area is 190 Å². The lowest BCUT2D eigenvalue weighted by atomic mass is 10.3. The quantitative estimate of drug-likeness (QED) is 0.527. The van der Waals surface area contributed by atoms with E-state index in [9.17, 15) is 13.2 Å². The third kappa shape index (κ3) is 4.36. The van der Waals surface area contributed by atoms with E-state index >= 15 is 0 Å². The average molecular weight is 477 g/mol. The van der Waals surface area contributed by atoms with Gasteiger partial charge in [0.05, 0.1) is 22.5 Å². The summed E-state index contributed by atoms with van der Waals surface area (Å²) < 4.78 is 28.6. The molecule has 31 heavy (non-hydrogen) atoms. The summed E-state index contributed by atoms with van der Waals surface area (Å²) in [5, 5.41) is 4.33. The Morgan fingerprint density at radius 3 is 2.23 bits per heavy atom. The molecule has 1 aromatic heterocycles. The van der Waals surface area contributed by atoms with E-state index in [0.29, 0.717) is 37.6 Å². The predicted octanol–water partition coefficient (Wildman–Crippen LogP) is 3.12. The van der Waals surface area contributed by atoms with Crippen molar-refractivity contribution in [2.75, 3.05) is 37.3 Å². The zero-order valence-electron chi connectivity index (χ0n) is 16.8. The highest BCUT2D eigenvalue weighted by molar-refractivity contribution is 7.98. The maximum Gasteiger partial charge on any atom is 0.292 e. The molecule has 162 valence electrons. The number of halogens is 1. The molecule has 0 bridgehead atoms. The Morgan fingerprint density at radius 2 is 1.61 bits per heavy atom. The molecule has 3 aromatic rings. The molecule has 0 unspecified atom stereocenters. The van der Waals surface area contributed by atoms with Gasteiger partial charge in [-0.1, -0.05) is 29.8 Å². The SMILES string of the molecule is CSc1ccc(S(=O)(=O)N2CCN(c3cnn(-c4ccccc4)c(=O)c3Cl)CC2)cc1. The van der Waals surface area contributed by atoms with Gasteiger partial charge in [-0.25, -0.2) is 8.42 Å². The second kappa shape index (κ2) is 9.04. The van der Waals surface area contributed by atoms with Crippen LogP contribution in [-0.2, 0) is 10.0 Å². The number of para-hydroxylation sites is 1. The second-order valence-electron chi connectivity index (χ2n) is 6.96. The standard InChI is InChI=1S/C21H21ClN4O3S2/c1-30-17-7-9-18(10-8-17)31(28,29)25-13-11-24(12-14-25)19-15-23-26(21(27)20(19)22)16-5-3-2-4-6-16/h2-10,15H,11-14H2,1H3. The highest BCUT2D eigenvalue weighted by atomic mass is 35.5. The summed E-state index contributed by atoms with van der Waals surface area (Å²) in [5.41, 5.74) is 0.735. The van der Waals surface area contributed by atoms with Gasteiger partial charge in [0, 0.05) is 31.1 Å². The number of rotatable bonds is 5. The van der Waals surface area contributed by atoms with Crippen molar-refractivity contribution in [3.8, 4) is 5.69 Å². The van der Waals surface area contributed by atoms with E-state index < -0.39 is 15.6 Å². The summed E-state index contributed by atoms with van der Waals surface area (Å²) in [6.07, 6.45) is 3.50. The first-order valence-corrected chi connectivity index (χ1v) is 12.7. The van der Waals surface area contributed by atoms with Gasteiger partial charge in [-0.2, -0.15) is 14.1 Å². The Morgan fingerprint density at radius 1 is 0.968 bits per heavy atom. The Balaban J connectivity index is 1.51. The molecule has 0 radical (unpaired) electrons. The molecule has 2 heterocycles. The van der Waals surface area contributed by atoms with Crippen molar-refractivity contribution in [1.29, 1.82) is 0 Å². The van der Waals surface area contributed by atoms with E-state index in [1.54, 1.807) is 54.4 Å². The van der Waals surface area contributed by atoms with E-state index in [4.69, 9.17) is 11.6 Å². The topological polar surface area (TPSA) is 75.5 Å². The fourth-order valence-electron chi connectivity index (χ4n) is 3.46. The summed E-state index contributed by atoms with van der Waals surface area (Å²) >= 11 is 7.95. The lowest BCUT2D eigenvalue weighted by Gasteiger charge is -2.35. The zero-order valence-corrected chi connectivity index (χ0v) is 19.2. The maximum absolute atomic E-state index is 13.0. The highest BCUT2D eigenvalue weighted by Crippen LogP contribution is 2.26. The minimum absolute atomic E-state index is 0.0721. The van der Waals surface area contributed by atoms with Gasteiger partial charge in [0.15, 0.2) is 0 Å². The molecule has 4 rings (SSSR count). The van der Waals surface area contributed by atoms with Crippen LogP contribution in [0.4, 0.5) is 5.69 Å². The molecule has 2 aromatic carbocycles. The van der Waals surface area contributed by atoms with Gasteiger partial charge < -0.3 is 4.90 Å². The van der Waals surface area contributed by atoms with E-state index in [1.165, 1.54) is 8.99 Å². The molecule has 0 aliphatic carbocycles. The summed E-state index contributed by atoms with van der Waals surface area (Å²) in [5.74, 6) is 0. The number of sulfonamides is 1. The molecular weight excluding hydrogens is 456 g/mol. The molecule has 10 heteroatoms. The molecule has 7 nitrogen and oxygen atoms in total. The molecular formula is C21H21ClN4O3S2.